The predicted octanol–water partition coefficient (Wildman–Crippen LogP) is 5.35. The molecule has 2 amide bonds. The van der Waals surface area contributed by atoms with Gasteiger partial charge in [0.25, 0.3) is 0 Å². The standard InChI is InChI=1S/C17H12F3N3O2S/c18-17(19,20)25-13-8-6-12(7-9-13)22-15(24)23-16-21-10-14(26-16)11-4-2-1-3-5-11/h1-10H,(H2,21,22,23,24). The van der Waals surface area contributed by atoms with Crippen molar-refractivity contribution in [3.05, 3.63) is 60.8 Å². The Morgan fingerprint density at radius 3 is 2.35 bits per heavy atom. The molecule has 2 N–H and O–H groups in total. The van der Waals surface area contributed by atoms with E-state index in [2.05, 4.69) is 20.4 Å². The van der Waals surface area contributed by atoms with E-state index in [0.717, 1.165) is 22.6 Å². The molecular formula is C17H12F3N3O2S. The number of aromatic nitrogens is 1. The fourth-order valence-corrected chi connectivity index (χ4v) is 2.88. The molecule has 2 aromatic carbocycles. The summed E-state index contributed by atoms with van der Waals surface area (Å²) in [4.78, 5) is 17.0. The van der Waals surface area contributed by atoms with Gasteiger partial charge < -0.3 is 10.1 Å². The van der Waals surface area contributed by atoms with Crippen LogP contribution in [0.25, 0.3) is 10.4 Å². The average molecular weight is 379 g/mol. The number of alkyl halides is 3. The third-order valence-electron chi connectivity index (χ3n) is 3.13. The lowest BCUT2D eigenvalue weighted by molar-refractivity contribution is -0.274. The van der Waals surface area contributed by atoms with Gasteiger partial charge in [-0.05, 0) is 29.8 Å². The third-order valence-corrected chi connectivity index (χ3v) is 4.09. The molecule has 3 rings (SSSR count). The van der Waals surface area contributed by atoms with Crippen LogP contribution in [0.15, 0.2) is 60.8 Å². The quantitative estimate of drug-likeness (QED) is 0.642. The molecular weight excluding hydrogens is 367 g/mol. The van der Waals surface area contributed by atoms with E-state index in [9.17, 15) is 18.0 Å². The molecule has 0 aliphatic carbocycles. The molecule has 0 aliphatic rings. The van der Waals surface area contributed by atoms with E-state index in [-0.39, 0.29) is 5.75 Å². The molecule has 1 aromatic heterocycles. The number of benzene rings is 2. The van der Waals surface area contributed by atoms with Crippen LogP contribution in [0.5, 0.6) is 5.75 Å². The van der Waals surface area contributed by atoms with Gasteiger partial charge in [-0.1, -0.05) is 41.7 Å². The number of ether oxygens (including phenoxy) is 1. The largest absolute Gasteiger partial charge is 0.573 e. The van der Waals surface area contributed by atoms with Crippen molar-refractivity contribution >= 4 is 28.2 Å². The summed E-state index contributed by atoms with van der Waals surface area (Å²) in [5.41, 5.74) is 1.30. The zero-order valence-corrected chi connectivity index (χ0v) is 13.9. The molecule has 0 radical (unpaired) electrons. The lowest BCUT2D eigenvalue weighted by Gasteiger charge is -2.10. The zero-order chi connectivity index (χ0) is 18.6. The van der Waals surface area contributed by atoms with E-state index < -0.39 is 12.4 Å². The molecule has 26 heavy (non-hydrogen) atoms. The van der Waals surface area contributed by atoms with Crippen LogP contribution in [0.3, 0.4) is 0 Å². The summed E-state index contributed by atoms with van der Waals surface area (Å²) in [6, 6.07) is 13.9. The molecule has 0 bridgehead atoms. The Balaban J connectivity index is 1.58. The van der Waals surface area contributed by atoms with Gasteiger partial charge in [-0.2, -0.15) is 0 Å². The second kappa shape index (κ2) is 7.44. The maximum Gasteiger partial charge on any atom is 0.573 e. The van der Waals surface area contributed by atoms with Gasteiger partial charge in [-0.25, -0.2) is 9.78 Å². The number of thiazole rings is 1. The number of urea groups is 1. The van der Waals surface area contributed by atoms with Gasteiger partial charge in [-0.3, -0.25) is 5.32 Å². The monoisotopic (exact) mass is 379 g/mol. The molecule has 5 nitrogen and oxygen atoms in total. The smallest absolute Gasteiger partial charge is 0.406 e. The van der Waals surface area contributed by atoms with Crippen molar-refractivity contribution in [1.29, 1.82) is 0 Å². The highest BCUT2D eigenvalue weighted by molar-refractivity contribution is 7.19. The predicted molar refractivity (Wildman–Crippen MR) is 93.3 cm³/mol. The van der Waals surface area contributed by atoms with E-state index in [1.54, 1.807) is 6.20 Å². The first-order valence-corrected chi connectivity index (χ1v) is 8.16. The number of rotatable bonds is 4. The van der Waals surface area contributed by atoms with Crippen molar-refractivity contribution in [3.63, 3.8) is 0 Å². The van der Waals surface area contributed by atoms with Crippen LogP contribution in [0, 0.1) is 0 Å². The molecule has 134 valence electrons. The third kappa shape index (κ3) is 4.96. The Morgan fingerprint density at radius 2 is 1.69 bits per heavy atom. The number of anilines is 2. The second-order valence-electron chi connectivity index (χ2n) is 5.05. The molecule has 0 saturated heterocycles. The SMILES string of the molecule is O=C(Nc1ccc(OC(F)(F)F)cc1)Nc1ncc(-c2ccccc2)s1. The highest BCUT2D eigenvalue weighted by atomic mass is 32.1. The summed E-state index contributed by atoms with van der Waals surface area (Å²) < 4.78 is 40.1. The minimum atomic E-state index is -4.76. The van der Waals surface area contributed by atoms with Crippen molar-refractivity contribution in [1.82, 2.24) is 4.98 Å². The minimum absolute atomic E-state index is 0.317. The number of amides is 2. The second-order valence-corrected chi connectivity index (χ2v) is 6.08. The first-order chi connectivity index (χ1) is 12.4. The lowest BCUT2D eigenvalue weighted by Crippen LogP contribution is -2.19. The van der Waals surface area contributed by atoms with Crippen LogP contribution in [-0.2, 0) is 0 Å². The highest BCUT2D eigenvalue weighted by Crippen LogP contribution is 2.29. The Labute approximate surface area is 150 Å². The Bertz CT molecular complexity index is 880. The van der Waals surface area contributed by atoms with Crippen LogP contribution in [0.2, 0.25) is 0 Å². The summed E-state index contributed by atoms with van der Waals surface area (Å²) >= 11 is 1.31. The maximum atomic E-state index is 12.1. The number of nitrogens with one attached hydrogen (secondary N) is 2. The Hall–Kier alpha value is -3.07. The van der Waals surface area contributed by atoms with Gasteiger partial charge >= 0.3 is 12.4 Å². The highest BCUT2D eigenvalue weighted by Gasteiger charge is 2.30. The summed E-state index contributed by atoms with van der Waals surface area (Å²) in [5.74, 6) is -0.365. The number of carbonyl (C=O) groups excluding carboxylic acids is 1. The molecule has 1 heterocycles. The first-order valence-electron chi connectivity index (χ1n) is 7.34. The molecule has 3 aromatic rings. The van der Waals surface area contributed by atoms with E-state index in [1.165, 1.54) is 23.5 Å². The van der Waals surface area contributed by atoms with Gasteiger partial charge in [-0.15, -0.1) is 13.2 Å². The summed E-state index contributed by atoms with van der Waals surface area (Å²) in [7, 11) is 0. The van der Waals surface area contributed by atoms with Crippen LogP contribution in [0.4, 0.5) is 28.8 Å². The molecule has 0 aliphatic heterocycles. The van der Waals surface area contributed by atoms with E-state index >= 15 is 0 Å². The minimum Gasteiger partial charge on any atom is -0.406 e. The fraction of sp³-hybridized carbons (Fsp3) is 0.0588. The number of carbonyl (C=O) groups is 1. The van der Waals surface area contributed by atoms with Crippen LogP contribution >= 0.6 is 11.3 Å². The van der Waals surface area contributed by atoms with Gasteiger partial charge in [0.15, 0.2) is 5.13 Å². The first kappa shape index (κ1) is 17.7. The molecule has 0 atom stereocenters. The molecule has 9 heteroatoms. The van der Waals surface area contributed by atoms with Crippen molar-refractivity contribution in [2.24, 2.45) is 0 Å². The van der Waals surface area contributed by atoms with Crippen molar-refractivity contribution in [2.75, 3.05) is 10.6 Å². The van der Waals surface area contributed by atoms with Crippen molar-refractivity contribution in [2.45, 2.75) is 6.36 Å². The molecule has 0 fully saturated rings. The fourth-order valence-electron chi connectivity index (χ4n) is 2.07. The average Bonchev–Trinajstić information content (AvgIpc) is 3.04. The number of hydrogen-bond donors (Lipinski definition) is 2. The summed E-state index contributed by atoms with van der Waals surface area (Å²) in [6.07, 6.45) is -3.10. The lowest BCUT2D eigenvalue weighted by atomic mass is 10.2. The number of nitrogens with zero attached hydrogens (tertiary/aromatic N) is 1. The van der Waals surface area contributed by atoms with Gasteiger partial charge in [0.05, 0.1) is 4.88 Å². The van der Waals surface area contributed by atoms with Crippen LogP contribution in [0.1, 0.15) is 0 Å². The van der Waals surface area contributed by atoms with Crippen molar-refractivity contribution in [3.8, 4) is 16.2 Å². The van der Waals surface area contributed by atoms with E-state index in [1.807, 2.05) is 30.3 Å². The molecule has 0 unspecified atom stereocenters. The van der Waals surface area contributed by atoms with E-state index in [0.29, 0.717) is 10.8 Å². The maximum absolute atomic E-state index is 12.1. The van der Waals surface area contributed by atoms with Crippen LogP contribution in [-0.4, -0.2) is 17.4 Å². The van der Waals surface area contributed by atoms with Gasteiger partial charge in [0.2, 0.25) is 0 Å². The van der Waals surface area contributed by atoms with Gasteiger partial charge in [0, 0.05) is 11.9 Å². The molecule has 0 saturated carbocycles. The Morgan fingerprint density at radius 1 is 1.00 bits per heavy atom. The molecule has 0 spiro atoms. The van der Waals surface area contributed by atoms with Crippen LogP contribution < -0.4 is 15.4 Å². The van der Waals surface area contributed by atoms with E-state index in [4.69, 9.17) is 0 Å². The summed E-state index contributed by atoms with van der Waals surface area (Å²) in [5, 5.41) is 5.49. The summed E-state index contributed by atoms with van der Waals surface area (Å²) in [6.45, 7) is 0. The van der Waals surface area contributed by atoms with Gasteiger partial charge in [0.1, 0.15) is 5.75 Å². The Kier molecular flexibility index (Phi) is 5.08. The van der Waals surface area contributed by atoms with Crippen molar-refractivity contribution < 1.29 is 22.7 Å². The normalized spacial score (nSPS) is 11.0. The number of halogens is 3. The topological polar surface area (TPSA) is 63.2 Å². The number of hydrogen-bond acceptors (Lipinski definition) is 4. The zero-order valence-electron chi connectivity index (χ0n) is 13.1.